The average Bonchev–Trinajstić information content (AvgIpc) is 3.00. The SMILES string of the molecule is CC.COC(=O)c1cc(-c2cncn2C)nc2cc(C)ccc12. The molecule has 3 aromatic rings. The molecule has 3 rings (SSSR count). The quantitative estimate of drug-likeness (QED) is 0.676. The number of carbonyl (C=O) groups excluding carboxylic acids is 1. The topological polar surface area (TPSA) is 57.0 Å². The number of fused-ring (bicyclic) bond motifs is 1. The van der Waals surface area contributed by atoms with Gasteiger partial charge in [0.2, 0.25) is 0 Å². The number of pyridine rings is 1. The maximum atomic E-state index is 12.0. The van der Waals surface area contributed by atoms with E-state index in [9.17, 15) is 4.79 Å². The van der Waals surface area contributed by atoms with Crippen molar-refractivity contribution in [1.29, 1.82) is 0 Å². The fraction of sp³-hybridized carbons (Fsp3) is 0.278. The molecule has 0 radical (unpaired) electrons. The van der Waals surface area contributed by atoms with Crippen molar-refractivity contribution in [2.24, 2.45) is 7.05 Å². The molecule has 1 aromatic carbocycles. The number of aromatic nitrogens is 3. The van der Waals surface area contributed by atoms with E-state index in [1.165, 1.54) is 7.11 Å². The van der Waals surface area contributed by atoms with Crippen LogP contribution in [-0.4, -0.2) is 27.6 Å². The highest BCUT2D eigenvalue weighted by Crippen LogP contribution is 2.25. The van der Waals surface area contributed by atoms with Crippen molar-refractivity contribution in [3.05, 3.63) is 47.9 Å². The van der Waals surface area contributed by atoms with Crippen molar-refractivity contribution in [2.45, 2.75) is 20.8 Å². The molecule has 0 saturated carbocycles. The van der Waals surface area contributed by atoms with E-state index in [0.717, 1.165) is 22.2 Å². The zero-order valence-corrected chi connectivity index (χ0v) is 14.1. The number of imidazole rings is 1. The van der Waals surface area contributed by atoms with Crippen LogP contribution in [0.3, 0.4) is 0 Å². The monoisotopic (exact) mass is 311 g/mol. The second-order valence-corrected chi connectivity index (χ2v) is 4.96. The van der Waals surface area contributed by atoms with E-state index in [1.54, 1.807) is 18.6 Å². The molecule has 2 aromatic heterocycles. The van der Waals surface area contributed by atoms with Crippen LogP contribution in [0.5, 0.6) is 0 Å². The van der Waals surface area contributed by atoms with Gasteiger partial charge < -0.3 is 9.30 Å². The van der Waals surface area contributed by atoms with Gasteiger partial charge in [0, 0.05) is 12.4 Å². The van der Waals surface area contributed by atoms with Gasteiger partial charge in [0.1, 0.15) is 0 Å². The van der Waals surface area contributed by atoms with E-state index in [2.05, 4.69) is 9.97 Å². The average molecular weight is 311 g/mol. The first-order valence-corrected chi connectivity index (χ1v) is 7.56. The van der Waals surface area contributed by atoms with E-state index in [1.807, 2.05) is 50.6 Å². The van der Waals surface area contributed by atoms with Crippen LogP contribution in [0.15, 0.2) is 36.8 Å². The Labute approximate surface area is 135 Å². The van der Waals surface area contributed by atoms with E-state index in [-0.39, 0.29) is 5.97 Å². The van der Waals surface area contributed by atoms with Crippen LogP contribution in [-0.2, 0) is 11.8 Å². The van der Waals surface area contributed by atoms with Crippen molar-refractivity contribution in [2.75, 3.05) is 7.11 Å². The molecular formula is C18H21N3O2. The van der Waals surface area contributed by atoms with Crippen molar-refractivity contribution >= 4 is 16.9 Å². The molecule has 5 nitrogen and oxygen atoms in total. The Kier molecular flexibility index (Phi) is 5.11. The summed E-state index contributed by atoms with van der Waals surface area (Å²) < 4.78 is 6.75. The molecule has 5 heteroatoms. The lowest BCUT2D eigenvalue weighted by Crippen LogP contribution is -2.04. The number of aryl methyl sites for hydroxylation is 2. The Morgan fingerprint density at radius 1 is 1.22 bits per heavy atom. The molecule has 0 saturated heterocycles. The lowest BCUT2D eigenvalue weighted by atomic mass is 10.0. The maximum absolute atomic E-state index is 12.0. The summed E-state index contributed by atoms with van der Waals surface area (Å²) in [5, 5.41) is 0.790. The summed E-state index contributed by atoms with van der Waals surface area (Å²) in [5.74, 6) is -0.366. The lowest BCUT2D eigenvalue weighted by Gasteiger charge is -2.09. The Morgan fingerprint density at radius 2 is 1.96 bits per heavy atom. The number of hydrogen-bond acceptors (Lipinski definition) is 4. The summed E-state index contributed by atoms with van der Waals surface area (Å²) in [6.45, 7) is 6.00. The van der Waals surface area contributed by atoms with E-state index >= 15 is 0 Å². The maximum Gasteiger partial charge on any atom is 0.338 e. The van der Waals surface area contributed by atoms with Crippen LogP contribution in [0.2, 0.25) is 0 Å². The smallest absolute Gasteiger partial charge is 0.338 e. The molecule has 0 fully saturated rings. The summed E-state index contributed by atoms with van der Waals surface area (Å²) in [6, 6.07) is 7.57. The first-order chi connectivity index (χ1) is 11.1. The van der Waals surface area contributed by atoms with Gasteiger partial charge >= 0.3 is 5.97 Å². The van der Waals surface area contributed by atoms with Crippen LogP contribution in [0, 0.1) is 6.92 Å². The summed E-state index contributed by atoms with van der Waals surface area (Å²) in [6.07, 6.45) is 3.43. The predicted molar refractivity (Wildman–Crippen MR) is 91.4 cm³/mol. The Morgan fingerprint density at radius 3 is 2.57 bits per heavy atom. The number of carbonyl (C=O) groups is 1. The molecule has 0 spiro atoms. The fourth-order valence-electron chi connectivity index (χ4n) is 2.35. The number of ether oxygens (including phenoxy) is 1. The van der Waals surface area contributed by atoms with Crippen molar-refractivity contribution in [3.8, 4) is 11.4 Å². The highest BCUT2D eigenvalue weighted by molar-refractivity contribution is 6.04. The van der Waals surface area contributed by atoms with Crippen LogP contribution < -0.4 is 0 Å². The predicted octanol–water partition coefficient (Wildman–Crippen LogP) is 3.76. The van der Waals surface area contributed by atoms with Gasteiger partial charge in [-0.05, 0) is 24.6 Å². The van der Waals surface area contributed by atoms with Gasteiger partial charge in [-0.15, -0.1) is 0 Å². The fourth-order valence-corrected chi connectivity index (χ4v) is 2.35. The Balaban J connectivity index is 0.000000924. The van der Waals surface area contributed by atoms with E-state index in [0.29, 0.717) is 11.3 Å². The third-order valence-corrected chi connectivity index (χ3v) is 3.45. The molecule has 2 heterocycles. The summed E-state index contributed by atoms with van der Waals surface area (Å²) in [7, 11) is 3.27. The van der Waals surface area contributed by atoms with Gasteiger partial charge in [-0.25, -0.2) is 14.8 Å². The number of rotatable bonds is 2. The zero-order chi connectivity index (χ0) is 17.0. The summed E-state index contributed by atoms with van der Waals surface area (Å²) in [4.78, 5) is 20.8. The second-order valence-electron chi connectivity index (χ2n) is 4.96. The molecule has 0 aliphatic carbocycles. The van der Waals surface area contributed by atoms with Gasteiger partial charge in [0.25, 0.3) is 0 Å². The lowest BCUT2D eigenvalue weighted by molar-refractivity contribution is 0.0603. The Hall–Kier alpha value is -2.69. The standard InChI is InChI=1S/C16H15N3O2.C2H6/c1-10-4-5-11-12(16(20)21-3)7-14(18-13(11)6-10)15-8-17-9-19(15)2;1-2/h4-9H,1-3H3;1-2H3. The summed E-state index contributed by atoms with van der Waals surface area (Å²) in [5.41, 5.74) is 3.93. The molecule has 0 aliphatic rings. The molecule has 0 unspecified atom stereocenters. The number of hydrogen-bond donors (Lipinski definition) is 0. The van der Waals surface area contributed by atoms with Gasteiger partial charge in [-0.2, -0.15) is 0 Å². The van der Waals surface area contributed by atoms with Crippen LogP contribution in [0.25, 0.3) is 22.3 Å². The van der Waals surface area contributed by atoms with E-state index in [4.69, 9.17) is 4.74 Å². The molecule has 0 N–H and O–H groups in total. The van der Waals surface area contributed by atoms with Crippen molar-refractivity contribution in [1.82, 2.24) is 14.5 Å². The summed E-state index contributed by atoms with van der Waals surface area (Å²) >= 11 is 0. The highest BCUT2D eigenvalue weighted by Gasteiger charge is 2.15. The first-order valence-electron chi connectivity index (χ1n) is 7.56. The van der Waals surface area contributed by atoms with Crippen LogP contribution >= 0.6 is 0 Å². The molecular weight excluding hydrogens is 290 g/mol. The largest absolute Gasteiger partial charge is 0.465 e. The minimum atomic E-state index is -0.366. The molecule has 0 aliphatic heterocycles. The third kappa shape index (κ3) is 3.23. The number of methoxy groups -OCH3 is 1. The van der Waals surface area contributed by atoms with E-state index < -0.39 is 0 Å². The van der Waals surface area contributed by atoms with Gasteiger partial charge in [0.15, 0.2) is 0 Å². The Bertz CT molecular complexity index is 837. The van der Waals surface area contributed by atoms with Crippen molar-refractivity contribution < 1.29 is 9.53 Å². The molecule has 23 heavy (non-hydrogen) atoms. The minimum Gasteiger partial charge on any atom is -0.465 e. The number of esters is 1. The first kappa shape index (κ1) is 16.7. The highest BCUT2D eigenvalue weighted by atomic mass is 16.5. The van der Waals surface area contributed by atoms with Crippen LogP contribution in [0.1, 0.15) is 29.8 Å². The molecule has 0 amide bonds. The van der Waals surface area contributed by atoms with Gasteiger partial charge in [0.05, 0.1) is 42.1 Å². The molecule has 0 atom stereocenters. The second kappa shape index (κ2) is 7.05. The zero-order valence-electron chi connectivity index (χ0n) is 14.1. The molecule has 0 bridgehead atoms. The number of benzene rings is 1. The van der Waals surface area contributed by atoms with Crippen molar-refractivity contribution in [3.63, 3.8) is 0 Å². The minimum absolute atomic E-state index is 0.366. The normalized spacial score (nSPS) is 10.1. The van der Waals surface area contributed by atoms with Gasteiger partial charge in [-0.1, -0.05) is 26.0 Å². The van der Waals surface area contributed by atoms with Gasteiger partial charge in [-0.3, -0.25) is 0 Å². The van der Waals surface area contributed by atoms with Crippen LogP contribution in [0.4, 0.5) is 0 Å². The molecule has 120 valence electrons. The third-order valence-electron chi connectivity index (χ3n) is 3.45. The number of nitrogens with zero attached hydrogens (tertiary/aromatic N) is 3.